The van der Waals surface area contributed by atoms with Crippen molar-refractivity contribution in [3.63, 3.8) is 0 Å². The van der Waals surface area contributed by atoms with Crippen molar-refractivity contribution in [1.82, 2.24) is 0 Å². The molecular formula is C18H20BrNO. The molecule has 2 rings (SSSR count). The molecule has 0 aliphatic carbocycles. The Bertz CT molecular complexity index is 634. The normalized spacial score (nSPS) is 12.1. The molecule has 2 aromatic carbocycles. The fourth-order valence-corrected chi connectivity index (χ4v) is 2.53. The minimum absolute atomic E-state index is 0.0222. The van der Waals surface area contributed by atoms with Gasteiger partial charge in [0.2, 0.25) is 0 Å². The van der Waals surface area contributed by atoms with Crippen LogP contribution in [0.25, 0.3) is 0 Å². The lowest BCUT2D eigenvalue weighted by Crippen LogP contribution is -2.09. The molecule has 0 amide bonds. The van der Waals surface area contributed by atoms with E-state index in [9.17, 15) is 4.79 Å². The highest BCUT2D eigenvalue weighted by Gasteiger charge is 2.15. The van der Waals surface area contributed by atoms with Crippen LogP contribution in [-0.4, -0.2) is 5.78 Å². The zero-order chi connectivity index (χ0) is 15.4. The topological polar surface area (TPSA) is 43.1 Å². The van der Waals surface area contributed by atoms with Gasteiger partial charge in [-0.1, -0.05) is 48.3 Å². The van der Waals surface area contributed by atoms with Crippen LogP contribution in [0.4, 0.5) is 5.69 Å². The molecule has 2 nitrogen and oxygen atoms in total. The highest BCUT2D eigenvalue weighted by Crippen LogP contribution is 2.24. The molecule has 0 aromatic heterocycles. The molecule has 2 aromatic rings. The van der Waals surface area contributed by atoms with Gasteiger partial charge in [-0.3, -0.25) is 4.79 Å². The number of hydrogen-bond acceptors (Lipinski definition) is 2. The number of benzene rings is 2. The summed E-state index contributed by atoms with van der Waals surface area (Å²) in [7, 11) is 0. The molecule has 0 aliphatic heterocycles. The van der Waals surface area contributed by atoms with Gasteiger partial charge in [-0.15, -0.1) is 0 Å². The highest BCUT2D eigenvalue weighted by molar-refractivity contribution is 9.10. The van der Waals surface area contributed by atoms with E-state index in [2.05, 4.69) is 29.8 Å². The van der Waals surface area contributed by atoms with Crippen molar-refractivity contribution in [3.05, 3.63) is 63.6 Å². The molecular weight excluding hydrogens is 326 g/mol. The summed E-state index contributed by atoms with van der Waals surface area (Å²) in [5.74, 6) is 0.538. The number of ketones is 1. The molecule has 2 N–H and O–H groups in total. The Morgan fingerprint density at radius 3 is 2.48 bits per heavy atom. The van der Waals surface area contributed by atoms with Crippen molar-refractivity contribution in [2.24, 2.45) is 5.92 Å². The molecule has 0 spiro atoms. The number of para-hydroxylation sites is 1. The Hall–Kier alpha value is -1.61. The lowest BCUT2D eigenvalue weighted by molar-refractivity contribution is 0.103. The number of nitrogens with two attached hydrogens (primary N) is 1. The van der Waals surface area contributed by atoms with Crippen LogP contribution >= 0.6 is 15.9 Å². The summed E-state index contributed by atoms with van der Waals surface area (Å²) in [6, 6.07) is 13.1. The molecule has 0 fully saturated rings. The van der Waals surface area contributed by atoms with Crippen LogP contribution in [0, 0.1) is 5.92 Å². The van der Waals surface area contributed by atoms with E-state index >= 15 is 0 Å². The summed E-state index contributed by atoms with van der Waals surface area (Å²) in [5.41, 5.74) is 9.16. The predicted molar refractivity (Wildman–Crippen MR) is 91.6 cm³/mol. The maximum atomic E-state index is 12.6. The Balaban J connectivity index is 2.33. The van der Waals surface area contributed by atoms with E-state index in [-0.39, 0.29) is 5.78 Å². The fraction of sp³-hybridized carbons (Fsp3) is 0.278. The Kier molecular flexibility index (Phi) is 5.18. The molecule has 0 saturated carbocycles. The standard InChI is InChI=1S/C18H20BrNO/c1-3-12(2)11-14-5-4-6-16(17(14)20)18(21)13-7-9-15(19)10-8-13/h4-10,12H,3,11,20H2,1-2H3. The summed E-state index contributed by atoms with van der Waals surface area (Å²) >= 11 is 3.38. The van der Waals surface area contributed by atoms with Crippen molar-refractivity contribution in [2.45, 2.75) is 26.7 Å². The number of carbonyl (C=O) groups excluding carboxylic acids is 1. The highest BCUT2D eigenvalue weighted by atomic mass is 79.9. The first-order chi connectivity index (χ1) is 10.0. The average Bonchev–Trinajstić information content (AvgIpc) is 2.49. The summed E-state index contributed by atoms with van der Waals surface area (Å²) in [5, 5.41) is 0. The van der Waals surface area contributed by atoms with Gasteiger partial charge >= 0.3 is 0 Å². The van der Waals surface area contributed by atoms with E-state index in [4.69, 9.17) is 5.73 Å². The van der Waals surface area contributed by atoms with Gasteiger partial charge < -0.3 is 5.73 Å². The summed E-state index contributed by atoms with van der Waals surface area (Å²) in [6.07, 6.45) is 2.01. The number of anilines is 1. The molecule has 3 heteroatoms. The third kappa shape index (κ3) is 3.73. The Morgan fingerprint density at radius 1 is 1.19 bits per heavy atom. The zero-order valence-corrected chi connectivity index (χ0v) is 14.0. The molecule has 0 heterocycles. The number of carbonyl (C=O) groups is 1. The quantitative estimate of drug-likeness (QED) is 0.621. The lowest BCUT2D eigenvalue weighted by Gasteiger charge is -2.13. The summed E-state index contributed by atoms with van der Waals surface area (Å²) in [6.45, 7) is 4.36. The monoisotopic (exact) mass is 345 g/mol. The van der Waals surface area contributed by atoms with E-state index in [1.54, 1.807) is 6.07 Å². The van der Waals surface area contributed by atoms with E-state index in [1.165, 1.54) is 0 Å². The SMILES string of the molecule is CCC(C)Cc1cccc(C(=O)c2ccc(Br)cc2)c1N. The maximum Gasteiger partial charge on any atom is 0.195 e. The molecule has 0 bridgehead atoms. The zero-order valence-electron chi connectivity index (χ0n) is 12.4. The first kappa shape index (κ1) is 15.8. The lowest BCUT2D eigenvalue weighted by atomic mass is 9.93. The van der Waals surface area contributed by atoms with Crippen LogP contribution in [0.15, 0.2) is 46.9 Å². The molecule has 0 aliphatic rings. The molecule has 21 heavy (non-hydrogen) atoms. The largest absolute Gasteiger partial charge is 0.398 e. The predicted octanol–water partition coefficient (Wildman–Crippen LogP) is 4.85. The van der Waals surface area contributed by atoms with Crippen molar-refractivity contribution >= 4 is 27.4 Å². The van der Waals surface area contributed by atoms with Crippen LogP contribution in [0.2, 0.25) is 0 Å². The van der Waals surface area contributed by atoms with Gasteiger partial charge in [-0.05, 0) is 48.2 Å². The van der Waals surface area contributed by atoms with E-state index in [0.29, 0.717) is 22.7 Å². The van der Waals surface area contributed by atoms with Crippen molar-refractivity contribution in [2.75, 3.05) is 5.73 Å². The second-order valence-corrected chi connectivity index (χ2v) is 6.35. The molecule has 1 atom stereocenters. The van der Waals surface area contributed by atoms with Crippen molar-refractivity contribution in [1.29, 1.82) is 0 Å². The van der Waals surface area contributed by atoms with Gasteiger partial charge in [0.15, 0.2) is 5.78 Å². The molecule has 0 radical (unpaired) electrons. The van der Waals surface area contributed by atoms with Gasteiger partial charge in [0.25, 0.3) is 0 Å². The van der Waals surface area contributed by atoms with Gasteiger partial charge in [0, 0.05) is 21.3 Å². The third-order valence-electron chi connectivity index (χ3n) is 3.81. The van der Waals surface area contributed by atoms with Crippen LogP contribution < -0.4 is 5.73 Å². The smallest absolute Gasteiger partial charge is 0.195 e. The van der Waals surface area contributed by atoms with Crippen molar-refractivity contribution < 1.29 is 4.79 Å². The Morgan fingerprint density at radius 2 is 1.86 bits per heavy atom. The molecule has 0 saturated heterocycles. The van der Waals surface area contributed by atoms with E-state index in [0.717, 1.165) is 22.9 Å². The van der Waals surface area contributed by atoms with Gasteiger partial charge in [0.1, 0.15) is 0 Å². The van der Waals surface area contributed by atoms with Gasteiger partial charge in [-0.2, -0.15) is 0 Å². The van der Waals surface area contributed by atoms with E-state index < -0.39 is 0 Å². The minimum atomic E-state index is -0.0222. The van der Waals surface area contributed by atoms with Gasteiger partial charge in [0.05, 0.1) is 0 Å². The third-order valence-corrected chi connectivity index (χ3v) is 4.34. The number of hydrogen-bond donors (Lipinski definition) is 1. The first-order valence-electron chi connectivity index (χ1n) is 7.20. The second kappa shape index (κ2) is 6.90. The summed E-state index contributed by atoms with van der Waals surface area (Å²) < 4.78 is 0.956. The Labute approximate surface area is 134 Å². The van der Waals surface area contributed by atoms with Crippen LogP contribution in [0.5, 0.6) is 0 Å². The van der Waals surface area contributed by atoms with Crippen LogP contribution in [0.1, 0.15) is 41.8 Å². The second-order valence-electron chi connectivity index (χ2n) is 5.43. The average molecular weight is 346 g/mol. The van der Waals surface area contributed by atoms with E-state index in [1.807, 2.05) is 36.4 Å². The minimum Gasteiger partial charge on any atom is -0.398 e. The number of halogens is 1. The number of nitrogen functional groups attached to an aromatic ring is 1. The summed E-state index contributed by atoms with van der Waals surface area (Å²) in [4.78, 5) is 12.6. The fourth-order valence-electron chi connectivity index (χ4n) is 2.27. The molecule has 1 unspecified atom stereocenters. The van der Waals surface area contributed by atoms with Crippen LogP contribution in [0.3, 0.4) is 0 Å². The maximum absolute atomic E-state index is 12.6. The first-order valence-corrected chi connectivity index (χ1v) is 7.99. The number of rotatable bonds is 5. The van der Waals surface area contributed by atoms with Crippen LogP contribution in [-0.2, 0) is 6.42 Å². The van der Waals surface area contributed by atoms with Crippen molar-refractivity contribution in [3.8, 4) is 0 Å². The molecule has 110 valence electrons. The van der Waals surface area contributed by atoms with Gasteiger partial charge in [-0.25, -0.2) is 0 Å².